The van der Waals surface area contributed by atoms with Crippen molar-refractivity contribution in [1.82, 2.24) is 29.7 Å². The topological polar surface area (TPSA) is 102 Å². The molecule has 2 N–H and O–H groups in total. The fourth-order valence-corrected chi connectivity index (χ4v) is 4.41. The average Bonchev–Trinajstić information content (AvgIpc) is 3.28. The molecule has 0 aromatic carbocycles. The van der Waals surface area contributed by atoms with Crippen molar-refractivity contribution >= 4 is 16.9 Å². The smallest absolute Gasteiger partial charge is 0.252 e. The summed E-state index contributed by atoms with van der Waals surface area (Å²) in [5.74, 6) is 2.12. The van der Waals surface area contributed by atoms with Crippen LogP contribution in [-0.4, -0.2) is 46.5 Å². The van der Waals surface area contributed by atoms with Crippen LogP contribution in [0.5, 0.6) is 0 Å². The second-order valence-corrected chi connectivity index (χ2v) is 7.31. The van der Waals surface area contributed by atoms with Gasteiger partial charge in [-0.3, -0.25) is 0 Å². The van der Waals surface area contributed by atoms with Crippen molar-refractivity contribution in [2.24, 2.45) is 11.8 Å². The molecule has 128 valence electrons. The molecule has 0 radical (unpaired) electrons. The molecule has 0 saturated heterocycles. The zero-order valence-electron chi connectivity index (χ0n) is 13.9. The minimum absolute atomic E-state index is 0.333. The van der Waals surface area contributed by atoms with Crippen molar-refractivity contribution in [3.8, 4) is 5.95 Å². The molecule has 2 aliphatic rings. The summed E-state index contributed by atoms with van der Waals surface area (Å²) in [4.78, 5) is 17.2. The fraction of sp³-hybridized carbons (Fsp3) is 0.471. The number of nitrogens with zero attached hydrogens (tertiary/aromatic N) is 6. The van der Waals surface area contributed by atoms with E-state index in [1.165, 1.54) is 6.33 Å². The lowest BCUT2D eigenvalue weighted by atomic mass is 9.83. The molecule has 4 atom stereocenters. The van der Waals surface area contributed by atoms with Gasteiger partial charge in [0.05, 0.1) is 17.2 Å². The zero-order chi connectivity index (χ0) is 17.0. The number of hydrogen-bond acceptors (Lipinski definition) is 7. The van der Waals surface area contributed by atoms with E-state index in [-0.39, 0.29) is 0 Å². The van der Waals surface area contributed by atoms with Gasteiger partial charge < -0.3 is 10.4 Å². The predicted molar refractivity (Wildman–Crippen MR) is 91.1 cm³/mol. The lowest BCUT2D eigenvalue weighted by Crippen LogP contribution is -2.38. The minimum Gasteiger partial charge on any atom is -0.390 e. The van der Waals surface area contributed by atoms with E-state index in [9.17, 15) is 5.11 Å². The van der Waals surface area contributed by atoms with Gasteiger partial charge in [0.15, 0.2) is 5.65 Å². The molecule has 2 fully saturated rings. The van der Waals surface area contributed by atoms with E-state index in [1.54, 1.807) is 29.3 Å². The maximum absolute atomic E-state index is 10.4. The molecule has 25 heavy (non-hydrogen) atoms. The Labute approximate surface area is 144 Å². The summed E-state index contributed by atoms with van der Waals surface area (Å²) in [5, 5.41) is 19.2. The zero-order valence-corrected chi connectivity index (χ0v) is 13.9. The molecule has 0 aliphatic heterocycles. The molecule has 8 heteroatoms. The Bertz CT molecular complexity index is 923. The molecule has 3 aromatic rings. The molecule has 0 unspecified atom stereocenters. The molecule has 2 saturated carbocycles. The second-order valence-electron chi connectivity index (χ2n) is 7.31. The van der Waals surface area contributed by atoms with Crippen molar-refractivity contribution in [2.75, 3.05) is 5.32 Å². The summed E-state index contributed by atoms with van der Waals surface area (Å²) >= 11 is 0. The van der Waals surface area contributed by atoms with Crippen LogP contribution >= 0.6 is 0 Å². The number of aliphatic hydroxyl groups is 1. The molecule has 5 rings (SSSR count). The molecule has 2 aliphatic carbocycles. The summed E-state index contributed by atoms with van der Waals surface area (Å²) in [6.45, 7) is 1.96. The number of aromatic nitrogens is 6. The third kappa shape index (κ3) is 2.28. The van der Waals surface area contributed by atoms with Gasteiger partial charge in [0.25, 0.3) is 5.95 Å². The van der Waals surface area contributed by atoms with E-state index in [1.807, 2.05) is 6.92 Å². The van der Waals surface area contributed by atoms with Crippen LogP contribution in [0.1, 0.15) is 26.2 Å². The van der Waals surface area contributed by atoms with E-state index >= 15 is 0 Å². The summed E-state index contributed by atoms with van der Waals surface area (Å²) in [6.07, 6.45) is 9.54. The molecular weight excluding hydrogens is 318 g/mol. The van der Waals surface area contributed by atoms with Crippen LogP contribution in [0.25, 0.3) is 17.0 Å². The van der Waals surface area contributed by atoms with E-state index in [0.717, 1.165) is 30.5 Å². The van der Waals surface area contributed by atoms with Crippen LogP contribution in [0, 0.1) is 11.8 Å². The summed E-state index contributed by atoms with van der Waals surface area (Å²) in [5.41, 5.74) is 0.165. The van der Waals surface area contributed by atoms with Crippen LogP contribution in [0.4, 0.5) is 5.82 Å². The van der Waals surface area contributed by atoms with E-state index < -0.39 is 5.60 Å². The first-order valence-corrected chi connectivity index (χ1v) is 8.57. The predicted octanol–water partition coefficient (Wildman–Crippen LogP) is 1.57. The molecular formula is C17H19N7O. The molecule has 0 spiro atoms. The molecule has 0 amide bonds. The minimum atomic E-state index is -0.515. The summed E-state index contributed by atoms with van der Waals surface area (Å²) < 4.78 is 1.62. The van der Waals surface area contributed by atoms with E-state index in [2.05, 4.69) is 30.4 Å². The van der Waals surface area contributed by atoms with Crippen LogP contribution in [-0.2, 0) is 0 Å². The second kappa shape index (κ2) is 5.19. The van der Waals surface area contributed by atoms with Crippen molar-refractivity contribution in [3.05, 3.63) is 31.0 Å². The highest BCUT2D eigenvalue weighted by atomic mass is 16.3. The number of fused-ring (bicyclic) bond motifs is 3. The first-order valence-electron chi connectivity index (χ1n) is 8.57. The van der Waals surface area contributed by atoms with Crippen LogP contribution in [0.2, 0.25) is 0 Å². The Kier molecular flexibility index (Phi) is 3.05. The summed E-state index contributed by atoms with van der Waals surface area (Å²) in [7, 11) is 0. The highest BCUT2D eigenvalue weighted by molar-refractivity contribution is 5.86. The van der Waals surface area contributed by atoms with Crippen LogP contribution in [0.3, 0.4) is 0 Å². The van der Waals surface area contributed by atoms with E-state index in [0.29, 0.717) is 29.5 Å². The third-order valence-electron chi connectivity index (χ3n) is 5.68. The highest BCUT2D eigenvalue weighted by Gasteiger charge is 2.51. The molecule has 8 nitrogen and oxygen atoms in total. The standard InChI is InChI=1S/C17H19N7O/c1-17(25)7-10-5-11(17)6-13(10)23-14-12-8-22-24(15(12)21-9-20-14)16-18-3-2-4-19-16/h2-4,8-11,13,25H,5-7H2,1H3,(H,20,21,23)/t10-,11-,13-,17+/m0/s1. The normalized spacial score (nSPS) is 30.9. The van der Waals surface area contributed by atoms with Gasteiger partial charge >= 0.3 is 0 Å². The van der Waals surface area contributed by atoms with Gasteiger partial charge in [-0.25, -0.2) is 19.9 Å². The third-order valence-corrected chi connectivity index (χ3v) is 5.68. The van der Waals surface area contributed by atoms with Crippen LogP contribution < -0.4 is 5.32 Å². The molecule has 3 aromatic heterocycles. The lowest BCUT2D eigenvalue weighted by molar-refractivity contribution is 0.00298. The maximum Gasteiger partial charge on any atom is 0.252 e. The van der Waals surface area contributed by atoms with E-state index in [4.69, 9.17) is 0 Å². The summed E-state index contributed by atoms with van der Waals surface area (Å²) in [6, 6.07) is 2.10. The van der Waals surface area contributed by atoms with Crippen molar-refractivity contribution in [1.29, 1.82) is 0 Å². The average molecular weight is 337 g/mol. The van der Waals surface area contributed by atoms with Gasteiger partial charge in [-0.15, -0.1) is 0 Å². The Hall–Kier alpha value is -2.61. The van der Waals surface area contributed by atoms with Gasteiger partial charge in [-0.2, -0.15) is 9.78 Å². The SMILES string of the molecule is C[C@@]1(O)C[C@@H]2C[C@H]1C[C@@H]2Nc1ncnc2c1cnn2-c1ncccn1. The van der Waals surface area contributed by atoms with Gasteiger partial charge in [-0.1, -0.05) is 0 Å². The van der Waals surface area contributed by atoms with Crippen molar-refractivity contribution < 1.29 is 5.11 Å². The van der Waals surface area contributed by atoms with Crippen molar-refractivity contribution in [3.63, 3.8) is 0 Å². The van der Waals surface area contributed by atoms with Crippen LogP contribution in [0.15, 0.2) is 31.0 Å². The Morgan fingerprint density at radius 3 is 2.76 bits per heavy atom. The largest absolute Gasteiger partial charge is 0.390 e. The quantitative estimate of drug-likeness (QED) is 0.748. The Morgan fingerprint density at radius 2 is 2.04 bits per heavy atom. The lowest BCUT2D eigenvalue weighted by Gasteiger charge is -2.33. The Morgan fingerprint density at radius 1 is 1.20 bits per heavy atom. The highest BCUT2D eigenvalue weighted by Crippen LogP contribution is 2.51. The first kappa shape index (κ1) is 14.7. The van der Waals surface area contributed by atoms with Crippen molar-refractivity contribution in [2.45, 2.75) is 37.8 Å². The number of nitrogens with one attached hydrogen (secondary N) is 1. The number of rotatable bonds is 3. The molecule has 3 heterocycles. The van der Waals surface area contributed by atoms with Gasteiger partial charge in [0.1, 0.15) is 12.1 Å². The van der Waals surface area contributed by atoms with Gasteiger partial charge in [0, 0.05) is 18.4 Å². The number of hydrogen-bond donors (Lipinski definition) is 2. The monoisotopic (exact) mass is 337 g/mol. The fourth-order valence-electron chi connectivity index (χ4n) is 4.41. The molecule has 2 bridgehead atoms. The maximum atomic E-state index is 10.4. The van der Waals surface area contributed by atoms with Gasteiger partial charge in [0.2, 0.25) is 0 Å². The number of anilines is 1. The van der Waals surface area contributed by atoms with Gasteiger partial charge in [-0.05, 0) is 44.1 Å². The Balaban J connectivity index is 1.47. The first-order chi connectivity index (χ1) is 12.1.